The lowest BCUT2D eigenvalue weighted by Gasteiger charge is -2.03. The van der Waals surface area contributed by atoms with Crippen LogP contribution >= 0.6 is 38.6 Å². The van der Waals surface area contributed by atoms with Crippen LogP contribution in [0.15, 0.2) is 51.4 Å². The Balaban J connectivity index is 1.72. The summed E-state index contributed by atoms with van der Waals surface area (Å²) in [6.45, 7) is 1.65. The van der Waals surface area contributed by atoms with Crippen molar-refractivity contribution < 1.29 is 24.2 Å². The maximum absolute atomic E-state index is 12.3. The highest BCUT2D eigenvalue weighted by Gasteiger charge is 2.18. The molecular formula is C19H14BrN3O5S2. The van der Waals surface area contributed by atoms with Crippen molar-refractivity contribution in [1.82, 2.24) is 5.43 Å². The Bertz CT molecular complexity index is 1150. The average Bonchev–Trinajstić information content (AvgIpc) is 3.33. The van der Waals surface area contributed by atoms with Gasteiger partial charge in [0.1, 0.15) is 10.6 Å². The summed E-state index contributed by atoms with van der Waals surface area (Å²) in [5.74, 6) is -1.42. The largest absolute Gasteiger partial charge is 0.506 e. The number of carbonyl (C=O) groups is 3. The molecule has 11 heteroatoms. The number of hydrazone groups is 1. The Morgan fingerprint density at radius 2 is 1.80 bits per heavy atom. The van der Waals surface area contributed by atoms with Crippen LogP contribution in [-0.4, -0.2) is 28.8 Å². The second-order valence-corrected chi connectivity index (χ2v) is 8.72. The first-order valence-electron chi connectivity index (χ1n) is 8.29. The Labute approximate surface area is 187 Å². The number of nitrogens with zero attached hydrogens (tertiary/aromatic N) is 1. The van der Waals surface area contributed by atoms with E-state index in [4.69, 9.17) is 5.73 Å². The Hall–Kier alpha value is -3.02. The zero-order chi connectivity index (χ0) is 21.8. The first kappa shape index (κ1) is 21.7. The van der Waals surface area contributed by atoms with Crippen molar-refractivity contribution in [2.45, 2.75) is 6.92 Å². The van der Waals surface area contributed by atoms with Gasteiger partial charge in [-0.25, -0.2) is 15.0 Å². The van der Waals surface area contributed by atoms with Crippen LogP contribution in [0.3, 0.4) is 0 Å². The summed E-state index contributed by atoms with van der Waals surface area (Å²) < 4.78 is 5.20. The number of carbonyl (C=O) groups excluding carboxylic acids is 3. The van der Waals surface area contributed by atoms with E-state index < -0.39 is 18.0 Å². The third-order valence-electron chi connectivity index (χ3n) is 3.81. The number of halogens is 1. The molecule has 30 heavy (non-hydrogen) atoms. The maximum atomic E-state index is 12.3. The first-order valence-corrected chi connectivity index (χ1v) is 10.8. The molecule has 0 saturated heterocycles. The Morgan fingerprint density at radius 1 is 1.13 bits per heavy atom. The van der Waals surface area contributed by atoms with Crippen LogP contribution < -0.4 is 11.2 Å². The highest BCUT2D eigenvalue weighted by molar-refractivity contribution is 9.10. The number of benzene rings is 1. The van der Waals surface area contributed by atoms with Crippen molar-refractivity contribution in [2.75, 3.05) is 0 Å². The van der Waals surface area contributed by atoms with Crippen LogP contribution in [0.2, 0.25) is 0 Å². The van der Waals surface area contributed by atoms with E-state index in [9.17, 15) is 19.5 Å². The summed E-state index contributed by atoms with van der Waals surface area (Å²) in [6, 6.07) is 10.3. The molecule has 4 N–H and O–H groups in total. The molecule has 2 heterocycles. The monoisotopic (exact) mass is 507 g/mol. The molecule has 0 fully saturated rings. The molecule has 0 atom stereocenters. The van der Waals surface area contributed by atoms with Gasteiger partial charge in [-0.2, -0.15) is 5.10 Å². The zero-order valence-electron chi connectivity index (χ0n) is 15.3. The molecule has 0 aliphatic heterocycles. The van der Waals surface area contributed by atoms with Crippen molar-refractivity contribution in [3.63, 3.8) is 0 Å². The van der Waals surface area contributed by atoms with E-state index in [0.29, 0.717) is 16.2 Å². The predicted molar refractivity (Wildman–Crippen MR) is 118 cm³/mol. The number of primary amides is 1. The minimum absolute atomic E-state index is 0.0503. The zero-order valence-corrected chi connectivity index (χ0v) is 18.6. The van der Waals surface area contributed by atoms with Crippen molar-refractivity contribution in [2.24, 2.45) is 10.8 Å². The molecule has 0 spiro atoms. The second kappa shape index (κ2) is 9.20. The smallest absolute Gasteiger partial charge is 0.412 e. The van der Waals surface area contributed by atoms with E-state index in [1.54, 1.807) is 12.3 Å². The Morgan fingerprint density at radius 3 is 2.47 bits per heavy atom. The molecule has 2 amide bonds. The van der Waals surface area contributed by atoms with E-state index in [-0.39, 0.29) is 15.5 Å². The third-order valence-corrected chi connectivity index (χ3v) is 6.42. The summed E-state index contributed by atoms with van der Waals surface area (Å²) in [5.41, 5.74) is 8.93. The van der Waals surface area contributed by atoms with Crippen LogP contribution in [0.5, 0.6) is 5.75 Å². The van der Waals surface area contributed by atoms with Gasteiger partial charge in [-0.05, 0) is 36.8 Å². The summed E-state index contributed by atoms with van der Waals surface area (Å²) in [5, 5.41) is 16.3. The number of hydrogen-bond acceptors (Lipinski definition) is 8. The average molecular weight is 508 g/mol. The lowest BCUT2D eigenvalue weighted by Crippen LogP contribution is -2.18. The number of hydrogen-bond donors (Lipinski definition) is 3. The van der Waals surface area contributed by atoms with Crippen LogP contribution in [-0.2, 0) is 4.74 Å². The van der Waals surface area contributed by atoms with E-state index >= 15 is 0 Å². The summed E-state index contributed by atoms with van der Waals surface area (Å²) in [6.07, 6.45) is -1.22. The number of nitrogens with one attached hydrogen (secondary N) is 1. The van der Waals surface area contributed by atoms with Gasteiger partial charge in [0.2, 0.25) is 0 Å². The fourth-order valence-corrected chi connectivity index (χ4v) is 4.42. The van der Waals surface area contributed by atoms with Gasteiger partial charge < -0.3 is 15.6 Å². The number of amides is 2. The van der Waals surface area contributed by atoms with Gasteiger partial charge in [0.15, 0.2) is 0 Å². The number of nitrogens with two attached hydrogens (primary N) is 1. The molecule has 0 aliphatic rings. The number of thiophene rings is 2. The van der Waals surface area contributed by atoms with Crippen LogP contribution in [0.1, 0.15) is 31.8 Å². The molecule has 1 aromatic carbocycles. The topological polar surface area (TPSA) is 131 Å². The molecule has 2 aromatic heterocycles. The number of rotatable bonds is 5. The maximum Gasteiger partial charge on any atom is 0.412 e. The quantitative estimate of drug-likeness (QED) is 0.204. The molecule has 0 aliphatic carbocycles. The Kier molecular flexibility index (Phi) is 6.65. The van der Waals surface area contributed by atoms with Crippen LogP contribution in [0, 0.1) is 0 Å². The van der Waals surface area contributed by atoms with E-state index in [2.05, 4.69) is 31.2 Å². The van der Waals surface area contributed by atoms with E-state index in [1.807, 2.05) is 24.3 Å². The molecule has 8 nitrogen and oxygen atoms in total. The van der Waals surface area contributed by atoms with E-state index in [0.717, 1.165) is 21.4 Å². The SMILES string of the molecule is CC(=NNC(=O)c1ccc(C(=O)OC(N)=O)s1)c1csc(-c2ccc(Br)cc2)c1O. The van der Waals surface area contributed by atoms with Gasteiger partial charge in [-0.15, -0.1) is 22.7 Å². The lowest BCUT2D eigenvalue weighted by molar-refractivity contribution is 0.0643. The highest BCUT2D eigenvalue weighted by Crippen LogP contribution is 2.39. The van der Waals surface area contributed by atoms with Gasteiger partial charge in [0, 0.05) is 9.85 Å². The molecule has 0 saturated carbocycles. The van der Waals surface area contributed by atoms with Gasteiger partial charge >= 0.3 is 12.1 Å². The predicted octanol–water partition coefficient (Wildman–Crippen LogP) is 4.33. The fourth-order valence-electron chi connectivity index (χ4n) is 2.38. The van der Waals surface area contributed by atoms with Gasteiger partial charge in [-0.1, -0.05) is 28.1 Å². The second-order valence-electron chi connectivity index (χ2n) is 5.84. The standard InChI is InChI=1S/C19H14BrN3O5S2/c1-9(12-8-29-16(15(12)24)10-2-4-11(20)5-3-10)22-23-17(25)13-6-7-14(30-13)18(26)28-19(21)27/h2-8,24H,1H3,(H2,21,27)(H,23,25). The number of esters is 1. The van der Waals surface area contributed by atoms with E-state index in [1.165, 1.54) is 23.5 Å². The van der Waals surface area contributed by atoms with Crippen molar-refractivity contribution in [1.29, 1.82) is 0 Å². The molecule has 0 radical (unpaired) electrons. The molecule has 0 unspecified atom stereocenters. The molecular weight excluding hydrogens is 494 g/mol. The molecule has 154 valence electrons. The summed E-state index contributed by atoms with van der Waals surface area (Å²) >= 11 is 5.56. The number of aromatic hydroxyl groups is 1. The molecule has 0 bridgehead atoms. The fraction of sp³-hybridized carbons (Fsp3) is 0.0526. The molecule has 3 aromatic rings. The molecule has 3 rings (SSSR count). The van der Waals surface area contributed by atoms with Crippen LogP contribution in [0.25, 0.3) is 10.4 Å². The minimum atomic E-state index is -1.22. The third kappa shape index (κ3) is 4.93. The normalized spacial score (nSPS) is 11.2. The minimum Gasteiger partial charge on any atom is -0.506 e. The lowest BCUT2D eigenvalue weighted by atomic mass is 10.1. The van der Waals surface area contributed by atoms with Crippen molar-refractivity contribution >= 4 is 62.3 Å². The first-order chi connectivity index (χ1) is 14.3. The van der Waals surface area contributed by atoms with Crippen molar-refractivity contribution in [3.05, 3.63) is 61.6 Å². The van der Waals surface area contributed by atoms with Gasteiger partial charge in [0.25, 0.3) is 5.91 Å². The van der Waals surface area contributed by atoms with Crippen LogP contribution in [0.4, 0.5) is 4.79 Å². The highest BCUT2D eigenvalue weighted by atomic mass is 79.9. The van der Waals surface area contributed by atoms with Gasteiger partial charge in [0.05, 0.1) is 21.0 Å². The van der Waals surface area contributed by atoms with Crippen molar-refractivity contribution in [3.8, 4) is 16.2 Å². The summed E-state index contributed by atoms with van der Waals surface area (Å²) in [4.78, 5) is 35.4. The summed E-state index contributed by atoms with van der Waals surface area (Å²) in [7, 11) is 0. The van der Waals surface area contributed by atoms with Gasteiger partial charge in [-0.3, -0.25) is 4.79 Å². The number of ether oxygens (including phenoxy) is 1.